The molecule has 0 spiro atoms. The Morgan fingerprint density at radius 2 is 1.00 bits per heavy atom. The first-order valence-electron chi connectivity index (χ1n) is 7.66. The molecule has 144 valence electrons. The summed E-state index contributed by atoms with van der Waals surface area (Å²) >= 11 is -1.91. The topological polar surface area (TPSA) is 156 Å². The Kier molecular flexibility index (Phi) is 13.4. The predicted molar refractivity (Wildman–Crippen MR) is 93.2 cm³/mol. The van der Waals surface area contributed by atoms with Crippen molar-refractivity contribution in [2.24, 2.45) is 0 Å². The monoisotopic (exact) mass is 459 g/mol. The van der Waals surface area contributed by atoms with Crippen molar-refractivity contribution in [2.75, 3.05) is 0 Å². The molecule has 0 aromatic heterocycles. The average molecular weight is 459 g/mol. The van der Waals surface area contributed by atoms with Gasteiger partial charge in [0.1, 0.15) is 0 Å². The summed E-state index contributed by atoms with van der Waals surface area (Å²) in [5, 5.41) is 16.9. The molecule has 2 aromatic rings. The maximum absolute atomic E-state index is 10.3. The average Bonchev–Trinajstić information content (AvgIpc) is 2.64. The van der Waals surface area contributed by atoms with Gasteiger partial charge in [-0.25, -0.2) is 0 Å². The molecule has 0 amide bonds. The van der Waals surface area contributed by atoms with Gasteiger partial charge in [-0.2, -0.15) is 0 Å². The van der Waals surface area contributed by atoms with Crippen LogP contribution in [0.15, 0.2) is 60.7 Å². The molecule has 27 heavy (non-hydrogen) atoms. The van der Waals surface area contributed by atoms with Gasteiger partial charge >= 0.3 is 24.6 Å². The van der Waals surface area contributed by atoms with Crippen molar-refractivity contribution in [3.63, 3.8) is 0 Å². The van der Waals surface area contributed by atoms with Crippen LogP contribution in [0.4, 0.5) is 0 Å². The molecule has 8 nitrogen and oxygen atoms in total. The zero-order chi connectivity index (χ0) is 20.7. The van der Waals surface area contributed by atoms with E-state index in [1.165, 1.54) is 0 Å². The summed E-state index contributed by atoms with van der Waals surface area (Å²) in [4.78, 5) is 20.6. The molecule has 9 heteroatoms. The molecule has 2 aromatic carbocycles. The first kappa shape index (κ1) is 24.5. The number of carbonyl (C=O) groups is 2. The summed E-state index contributed by atoms with van der Waals surface area (Å²) in [7, 11) is 0. The predicted octanol–water partition coefficient (Wildman–Crippen LogP) is 3.23. The minimum atomic E-state index is -1.91. The summed E-state index contributed by atoms with van der Waals surface area (Å²) < 4.78 is 17.0. The van der Waals surface area contributed by atoms with Crippen LogP contribution in [0.25, 0.3) is 11.5 Å². The van der Waals surface area contributed by atoms with E-state index in [-0.39, 0.29) is 12.8 Å². The number of carboxylic acids is 2. The van der Waals surface area contributed by atoms with Crippen LogP contribution in [0.5, 0.6) is 0 Å². The molecule has 0 fully saturated rings. The first-order chi connectivity index (χ1) is 12.8. The van der Waals surface area contributed by atoms with E-state index in [0.717, 1.165) is 11.1 Å². The normalized spacial score (nSPS) is 11.3. The number of aliphatic carboxylic acids is 2. The Hall–Kier alpha value is -2.45. The summed E-state index contributed by atoms with van der Waals surface area (Å²) in [6.45, 7) is 0. The van der Waals surface area contributed by atoms with E-state index in [1.807, 2.05) is 60.7 Å². The second kappa shape index (κ2) is 14.7. The quantitative estimate of drug-likeness (QED) is 0.675. The molecule has 0 aliphatic heterocycles. The van der Waals surface area contributed by atoms with Crippen LogP contribution < -0.4 is 0 Å². The van der Waals surface area contributed by atoms with E-state index < -0.39 is 41.6 Å². The minimum absolute atomic E-state index is 0.274. The Morgan fingerprint density at radius 3 is 1.22 bits per heavy atom. The third-order valence-electron chi connectivity index (χ3n) is 3.16. The molecule has 4 N–H and O–H groups in total. The van der Waals surface area contributed by atoms with Gasteiger partial charge in [-0.15, -0.1) is 0 Å². The van der Waals surface area contributed by atoms with Gasteiger partial charge in [-0.1, -0.05) is 60.7 Å². The Balaban J connectivity index is 0.000000438. The van der Waals surface area contributed by atoms with Gasteiger partial charge < -0.3 is 21.7 Å². The standard InChI is InChI=1S/2C9H10NO2.2O.Tc/c2*10-8(9(11)12)6-7-4-2-1-3-5-7;;;/h2*1-5,8,10H,6H2,(H,11,12);;;/q2*-1;;;+3/i;;;;1+1. The zero-order valence-electron chi connectivity index (χ0n) is 14.2. The molecule has 2 atom stereocenters. The van der Waals surface area contributed by atoms with Crippen molar-refractivity contribution < 1.29 is 44.4 Å². The van der Waals surface area contributed by atoms with E-state index in [0.29, 0.717) is 0 Å². The second-order valence-corrected chi connectivity index (χ2v) is 5.53. The van der Waals surface area contributed by atoms with Gasteiger partial charge in [0.15, 0.2) is 0 Å². The summed E-state index contributed by atoms with van der Waals surface area (Å²) in [5.74, 6) is -2.14. The van der Waals surface area contributed by atoms with Crippen molar-refractivity contribution in [3.05, 3.63) is 83.3 Å². The van der Waals surface area contributed by atoms with E-state index >= 15 is 0 Å². The third-order valence-corrected chi connectivity index (χ3v) is 3.16. The molecule has 0 saturated carbocycles. The molecule has 0 aliphatic rings. The molecule has 0 bridgehead atoms. The molecule has 2 rings (SSSR count). The second-order valence-electron chi connectivity index (χ2n) is 5.22. The van der Waals surface area contributed by atoms with Crippen LogP contribution in [-0.4, -0.2) is 34.2 Å². The summed E-state index contributed by atoms with van der Waals surface area (Å²) in [6.07, 6.45) is 0.548. The van der Waals surface area contributed by atoms with Crippen molar-refractivity contribution in [1.29, 1.82) is 0 Å². The first-order valence-corrected chi connectivity index (χ1v) is 9.18. The van der Waals surface area contributed by atoms with Crippen LogP contribution in [0.3, 0.4) is 0 Å². The van der Waals surface area contributed by atoms with Crippen LogP contribution in [-0.2, 0) is 47.0 Å². The third kappa shape index (κ3) is 12.5. The van der Waals surface area contributed by atoms with Crippen molar-refractivity contribution in [2.45, 2.75) is 24.9 Å². The van der Waals surface area contributed by atoms with E-state index in [4.69, 9.17) is 28.7 Å². The van der Waals surface area contributed by atoms with Gasteiger partial charge in [-0.3, -0.25) is 9.59 Å². The van der Waals surface area contributed by atoms with Gasteiger partial charge in [0.25, 0.3) is 11.9 Å². The Labute approximate surface area is 164 Å². The number of rotatable bonds is 6. The molecule has 0 aliphatic carbocycles. The number of nitrogens with one attached hydrogen (secondary N) is 2. The van der Waals surface area contributed by atoms with E-state index in [2.05, 4.69) is 0 Å². The Morgan fingerprint density at radius 1 is 0.741 bits per heavy atom. The maximum atomic E-state index is 10.3. The van der Waals surface area contributed by atoms with Crippen molar-refractivity contribution >= 4 is 11.9 Å². The van der Waals surface area contributed by atoms with Crippen LogP contribution in [0.2, 0.25) is 0 Å². The summed E-state index contributed by atoms with van der Waals surface area (Å²) in [5.41, 5.74) is 16.1. The fourth-order valence-corrected chi connectivity index (χ4v) is 1.87. The van der Waals surface area contributed by atoms with Gasteiger partial charge in [0.05, 0.1) is 0 Å². The van der Waals surface area contributed by atoms with Gasteiger partial charge in [-0.05, 0) is 36.1 Å². The number of carboxylic acid groups (broad SMARTS) is 2. The zero-order valence-corrected chi connectivity index (χ0v) is 16.1. The van der Waals surface area contributed by atoms with Crippen LogP contribution >= 0.6 is 0 Å². The van der Waals surface area contributed by atoms with Crippen molar-refractivity contribution in [3.8, 4) is 0 Å². The molecular formula is C18H20N2O6Tc+. The molecule has 0 saturated heterocycles. The number of hydrogen-bond acceptors (Lipinski definition) is 4. The number of hydrogen-bond donors (Lipinski definition) is 2. The van der Waals surface area contributed by atoms with Crippen LogP contribution in [0.1, 0.15) is 11.1 Å². The Bertz CT molecular complexity index is 664. The van der Waals surface area contributed by atoms with Crippen LogP contribution in [0, 0.1) is 0 Å². The van der Waals surface area contributed by atoms with E-state index in [9.17, 15) is 9.59 Å². The molecule has 0 heterocycles. The number of benzene rings is 2. The molecule has 0 radical (unpaired) electrons. The summed E-state index contributed by atoms with van der Waals surface area (Å²) in [6, 6.07) is 16.3. The van der Waals surface area contributed by atoms with E-state index in [1.54, 1.807) is 0 Å². The fraction of sp³-hybridized carbons (Fsp3) is 0.222. The SMILES string of the molecule is [NH-]C(Cc1ccccc1)C(=O)O.[NH-]C(Cc1ccccc1)C(=O)O.[O]=[99Tc+3]=[O]. The van der Waals surface area contributed by atoms with Gasteiger partial charge in [0.2, 0.25) is 0 Å². The molecule has 2 unspecified atom stereocenters. The fourth-order valence-electron chi connectivity index (χ4n) is 1.87. The molecular weight excluding hydrogens is 439 g/mol. The van der Waals surface area contributed by atoms with Crippen molar-refractivity contribution in [1.82, 2.24) is 0 Å². The van der Waals surface area contributed by atoms with Gasteiger partial charge in [0, 0.05) is 0 Å².